The molecule has 2 heterocycles. The van der Waals surface area contributed by atoms with E-state index in [1.807, 2.05) is 22.7 Å². The second-order valence-electron chi connectivity index (χ2n) is 6.19. The van der Waals surface area contributed by atoms with Gasteiger partial charge in [0.1, 0.15) is 0 Å². The number of aryl methyl sites for hydroxylation is 1. The molecule has 2 aliphatic carbocycles. The minimum Gasteiger partial charge on any atom is -0.148 e. The lowest BCUT2D eigenvalue weighted by molar-refractivity contribution is 0.852. The number of hydrogen-bond acceptors (Lipinski definition) is 2. The lowest BCUT2D eigenvalue weighted by Gasteiger charge is -2.19. The van der Waals surface area contributed by atoms with Gasteiger partial charge in [0, 0.05) is 26.5 Å². The third-order valence-electron chi connectivity index (χ3n) is 4.57. The first-order chi connectivity index (χ1) is 11.3. The van der Waals surface area contributed by atoms with Crippen LogP contribution in [0.2, 0.25) is 0 Å². The summed E-state index contributed by atoms with van der Waals surface area (Å²) in [4.78, 5) is 4.36. The van der Waals surface area contributed by atoms with Crippen LogP contribution in [0.25, 0.3) is 0 Å². The predicted octanol–water partition coefficient (Wildman–Crippen LogP) is 6.76. The number of thiophene rings is 2. The largest absolute Gasteiger partial charge is 0.148 e. The molecular weight excluding hydrogens is 316 g/mol. The van der Waals surface area contributed by atoms with Gasteiger partial charge in [-0.2, -0.15) is 0 Å². The highest BCUT2D eigenvalue weighted by Crippen LogP contribution is 2.36. The van der Waals surface area contributed by atoms with E-state index in [1.165, 1.54) is 25.8 Å². The molecule has 0 saturated carbocycles. The van der Waals surface area contributed by atoms with Crippen LogP contribution < -0.4 is 0 Å². The lowest BCUT2D eigenvalue weighted by atomic mass is 9.87. The van der Waals surface area contributed by atoms with Gasteiger partial charge >= 0.3 is 0 Å². The molecule has 0 aliphatic heterocycles. The maximum absolute atomic E-state index is 2.40. The zero-order chi connectivity index (χ0) is 15.6. The first kappa shape index (κ1) is 14.9. The topological polar surface area (TPSA) is 0 Å². The van der Waals surface area contributed by atoms with Gasteiger partial charge in [-0.3, -0.25) is 0 Å². The van der Waals surface area contributed by atoms with E-state index in [-0.39, 0.29) is 0 Å². The molecule has 23 heavy (non-hydrogen) atoms. The van der Waals surface area contributed by atoms with E-state index in [4.69, 9.17) is 0 Å². The van der Waals surface area contributed by atoms with Gasteiger partial charge in [0.2, 0.25) is 0 Å². The van der Waals surface area contributed by atoms with Crippen molar-refractivity contribution in [2.75, 3.05) is 0 Å². The fourth-order valence-electron chi connectivity index (χ4n) is 3.25. The van der Waals surface area contributed by atoms with Gasteiger partial charge in [-0.25, -0.2) is 0 Å². The molecule has 4 rings (SSSR count). The van der Waals surface area contributed by atoms with Crippen molar-refractivity contribution in [3.8, 4) is 0 Å². The van der Waals surface area contributed by atoms with Crippen LogP contribution in [0.1, 0.15) is 39.3 Å². The van der Waals surface area contributed by atoms with Crippen molar-refractivity contribution >= 4 is 22.7 Å². The molecule has 0 bridgehead atoms. The highest BCUT2D eigenvalue weighted by molar-refractivity contribution is 7.12. The summed E-state index contributed by atoms with van der Waals surface area (Å²) in [7, 11) is 0. The Kier molecular flexibility index (Phi) is 4.19. The summed E-state index contributed by atoms with van der Waals surface area (Å²) in [5.41, 5.74) is 2.77. The van der Waals surface area contributed by atoms with Gasteiger partial charge in [0.15, 0.2) is 0 Å². The molecule has 2 aliphatic rings. The zero-order valence-corrected chi connectivity index (χ0v) is 14.9. The summed E-state index contributed by atoms with van der Waals surface area (Å²) in [5, 5.41) is 2.17. The number of allylic oxidation sites excluding steroid dienone is 8. The fourth-order valence-corrected chi connectivity index (χ4v) is 5.04. The van der Waals surface area contributed by atoms with Crippen molar-refractivity contribution in [1.82, 2.24) is 0 Å². The molecule has 2 aromatic heterocycles. The molecule has 2 aromatic rings. The molecular formula is C21H20S2. The van der Waals surface area contributed by atoms with Crippen LogP contribution >= 0.6 is 22.7 Å². The highest BCUT2D eigenvalue weighted by atomic mass is 32.1. The first-order valence-corrected chi connectivity index (χ1v) is 9.86. The zero-order valence-electron chi connectivity index (χ0n) is 13.2. The summed E-state index contributed by atoms with van der Waals surface area (Å²) in [6.07, 6.45) is 16.4. The lowest BCUT2D eigenvalue weighted by Crippen LogP contribution is -2.01. The molecule has 0 N–H and O–H groups in total. The van der Waals surface area contributed by atoms with Crippen molar-refractivity contribution in [2.45, 2.75) is 31.6 Å². The maximum atomic E-state index is 2.40. The Labute approximate surface area is 146 Å². The quantitative estimate of drug-likeness (QED) is 0.581. The minimum atomic E-state index is 0.560. The Morgan fingerprint density at radius 2 is 1.57 bits per heavy atom. The molecule has 2 heteroatoms. The molecule has 0 fully saturated rings. The van der Waals surface area contributed by atoms with E-state index < -0.39 is 0 Å². The van der Waals surface area contributed by atoms with Crippen LogP contribution in [0.4, 0.5) is 0 Å². The summed E-state index contributed by atoms with van der Waals surface area (Å²) in [6.45, 7) is 2.18. The van der Waals surface area contributed by atoms with E-state index in [2.05, 4.69) is 73.0 Å². The number of rotatable bonds is 3. The van der Waals surface area contributed by atoms with Crippen molar-refractivity contribution in [2.24, 2.45) is 0 Å². The van der Waals surface area contributed by atoms with Gasteiger partial charge in [-0.1, -0.05) is 42.5 Å². The van der Waals surface area contributed by atoms with E-state index in [1.54, 1.807) is 0 Å². The van der Waals surface area contributed by atoms with E-state index in [0.717, 1.165) is 12.8 Å². The second kappa shape index (κ2) is 6.46. The van der Waals surface area contributed by atoms with Gasteiger partial charge in [-0.15, -0.1) is 22.7 Å². The van der Waals surface area contributed by atoms with Crippen LogP contribution in [0.3, 0.4) is 0 Å². The van der Waals surface area contributed by atoms with Crippen molar-refractivity contribution in [3.63, 3.8) is 0 Å². The minimum absolute atomic E-state index is 0.560. The Bertz CT molecular complexity index is 797. The molecule has 2 atom stereocenters. The summed E-state index contributed by atoms with van der Waals surface area (Å²) >= 11 is 3.78. The molecule has 0 saturated heterocycles. The Morgan fingerprint density at radius 1 is 0.870 bits per heavy atom. The Morgan fingerprint density at radius 3 is 2.04 bits per heavy atom. The summed E-state index contributed by atoms with van der Waals surface area (Å²) < 4.78 is 0. The van der Waals surface area contributed by atoms with Gasteiger partial charge in [-0.05, 0) is 54.5 Å². The maximum Gasteiger partial charge on any atom is 0.0150 e. The third-order valence-corrected chi connectivity index (χ3v) is 6.70. The average molecular weight is 337 g/mol. The molecule has 0 amide bonds. The van der Waals surface area contributed by atoms with Gasteiger partial charge in [0.25, 0.3) is 0 Å². The normalized spacial score (nSPS) is 23.7. The van der Waals surface area contributed by atoms with Crippen molar-refractivity contribution in [3.05, 3.63) is 91.9 Å². The molecule has 2 unspecified atom stereocenters. The molecule has 0 spiro atoms. The van der Waals surface area contributed by atoms with Crippen LogP contribution in [-0.2, 0) is 0 Å². The SMILES string of the molecule is Cc1ccc(C2C=CC(C3=CCC(c4cccs4)C=C3)=CC2)s1. The molecule has 0 nitrogen and oxygen atoms in total. The van der Waals surface area contributed by atoms with Crippen LogP contribution in [0.5, 0.6) is 0 Å². The average Bonchev–Trinajstić information content (AvgIpc) is 3.27. The summed E-state index contributed by atoms with van der Waals surface area (Å²) in [6, 6.07) is 8.89. The fraction of sp³-hybridized carbons (Fsp3) is 0.238. The molecule has 116 valence electrons. The van der Waals surface area contributed by atoms with Gasteiger partial charge < -0.3 is 0 Å². The highest BCUT2D eigenvalue weighted by Gasteiger charge is 2.16. The number of hydrogen-bond donors (Lipinski definition) is 0. The van der Waals surface area contributed by atoms with Crippen molar-refractivity contribution < 1.29 is 0 Å². The second-order valence-corrected chi connectivity index (χ2v) is 8.48. The van der Waals surface area contributed by atoms with E-state index in [9.17, 15) is 0 Å². The third kappa shape index (κ3) is 3.19. The van der Waals surface area contributed by atoms with Crippen LogP contribution in [0.15, 0.2) is 77.2 Å². The smallest absolute Gasteiger partial charge is 0.0150 e. The van der Waals surface area contributed by atoms with Gasteiger partial charge in [0.05, 0.1) is 0 Å². The summed E-state index contributed by atoms with van der Waals surface area (Å²) in [5.74, 6) is 1.12. The Balaban J connectivity index is 1.44. The predicted molar refractivity (Wildman–Crippen MR) is 103 cm³/mol. The van der Waals surface area contributed by atoms with Crippen LogP contribution in [0, 0.1) is 6.92 Å². The van der Waals surface area contributed by atoms with E-state index in [0.29, 0.717) is 11.8 Å². The molecule has 0 aromatic carbocycles. The molecule has 0 radical (unpaired) electrons. The van der Waals surface area contributed by atoms with E-state index >= 15 is 0 Å². The monoisotopic (exact) mass is 336 g/mol. The van der Waals surface area contributed by atoms with Crippen LogP contribution in [-0.4, -0.2) is 0 Å². The standard InChI is InChI=1S/C21H20S2/c1-15-4-13-21(23-15)19-11-7-17(8-12-19)16-5-9-18(10-6-16)20-3-2-14-22-20/h2-9,11,13-14,18-19H,10,12H2,1H3. The first-order valence-electron chi connectivity index (χ1n) is 8.16. The van der Waals surface area contributed by atoms with Crippen molar-refractivity contribution in [1.29, 1.82) is 0 Å². The Hall–Kier alpha value is -1.64.